The van der Waals surface area contributed by atoms with Gasteiger partial charge < -0.3 is 10.1 Å². The molecule has 0 aliphatic heterocycles. The zero-order valence-electron chi connectivity index (χ0n) is 11.4. The third-order valence-corrected chi connectivity index (χ3v) is 3.02. The predicted molar refractivity (Wildman–Crippen MR) is 78.4 cm³/mol. The summed E-state index contributed by atoms with van der Waals surface area (Å²) >= 11 is 6.06. The average molecular weight is 268 g/mol. The van der Waals surface area contributed by atoms with Crippen LogP contribution >= 0.6 is 11.6 Å². The van der Waals surface area contributed by atoms with Gasteiger partial charge in [0.2, 0.25) is 0 Å². The Bertz CT molecular complexity index is 392. The van der Waals surface area contributed by atoms with Crippen LogP contribution in [0.3, 0.4) is 0 Å². The van der Waals surface area contributed by atoms with Gasteiger partial charge in [0.1, 0.15) is 11.9 Å². The number of ether oxygens (including phenoxy) is 1. The first-order chi connectivity index (χ1) is 8.58. The molecule has 18 heavy (non-hydrogen) atoms. The lowest BCUT2D eigenvalue weighted by Gasteiger charge is -2.20. The Balaban J connectivity index is 2.91. The molecule has 0 saturated carbocycles. The first-order valence-corrected chi connectivity index (χ1v) is 6.78. The number of halogens is 1. The zero-order chi connectivity index (χ0) is 13.5. The van der Waals surface area contributed by atoms with Crippen LogP contribution in [0.1, 0.15) is 38.8 Å². The molecule has 1 aromatic carbocycles. The summed E-state index contributed by atoms with van der Waals surface area (Å²) in [4.78, 5) is 0. The summed E-state index contributed by atoms with van der Waals surface area (Å²) in [5.74, 6) is 0.864. The summed E-state index contributed by atoms with van der Waals surface area (Å²) in [6, 6.07) is 5.94. The molecule has 0 amide bonds. The molecule has 0 saturated heterocycles. The summed E-state index contributed by atoms with van der Waals surface area (Å²) in [6.45, 7) is 10.9. The highest BCUT2D eigenvalue weighted by Crippen LogP contribution is 2.29. The predicted octanol–water partition coefficient (Wildman–Crippen LogP) is 4.35. The maximum Gasteiger partial charge on any atom is 0.125 e. The van der Waals surface area contributed by atoms with E-state index >= 15 is 0 Å². The lowest BCUT2D eigenvalue weighted by atomic mass is 10.1. The fourth-order valence-electron chi connectivity index (χ4n) is 1.68. The van der Waals surface area contributed by atoms with Gasteiger partial charge in [0.25, 0.3) is 0 Å². The number of nitrogens with one attached hydrogen (secondary N) is 1. The molecule has 0 fully saturated rings. The molecular formula is C15H22ClNO. The van der Waals surface area contributed by atoms with Crippen LogP contribution in [0.25, 0.3) is 0 Å². The van der Waals surface area contributed by atoms with Gasteiger partial charge in [-0.05, 0) is 45.0 Å². The Kier molecular flexibility index (Phi) is 6.23. The van der Waals surface area contributed by atoms with Crippen molar-refractivity contribution in [2.24, 2.45) is 0 Å². The highest BCUT2D eigenvalue weighted by molar-refractivity contribution is 6.30. The molecule has 0 heterocycles. The maximum absolute atomic E-state index is 6.06. The lowest BCUT2D eigenvalue weighted by molar-refractivity contribution is 0.265. The number of hydrogen-bond acceptors (Lipinski definition) is 2. The minimum Gasteiger partial charge on any atom is -0.486 e. The van der Waals surface area contributed by atoms with Crippen LogP contribution in [0, 0.1) is 0 Å². The zero-order valence-corrected chi connectivity index (χ0v) is 12.1. The van der Waals surface area contributed by atoms with Crippen LogP contribution in [0.15, 0.2) is 30.9 Å². The van der Waals surface area contributed by atoms with E-state index in [4.69, 9.17) is 16.3 Å². The summed E-state index contributed by atoms with van der Waals surface area (Å²) in [7, 11) is 0. The summed E-state index contributed by atoms with van der Waals surface area (Å²) in [6.07, 6.45) is 2.87. The minimum absolute atomic E-state index is 0.0108. The molecule has 3 heteroatoms. The molecule has 2 unspecified atom stereocenters. The van der Waals surface area contributed by atoms with Crippen molar-refractivity contribution >= 4 is 11.6 Å². The SMILES string of the molecule is C=CC(C)Oc1ccc(Cl)cc1C(C)NCCC. The quantitative estimate of drug-likeness (QED) is 0.742. The molecule has 1 rings (SSSR count). The van der Waals surface area contributed by atoms with Gasteiger partial charge in [0, 0.05) is 16.6 Å². The average Bonchev–Trinajstić information content (AvgIpc) is 2.37. The van der Waals surface area contributed by atoms with Crippen LogP contribution in [0.4, 0.5) is 0 Å². The van der Waals surface area contributed by atoms with Gasteiger partial charge in [-0.25, -0.2) is 0 Å². The molecule has 0 aromatic heterocycles. The Morgan fingerprint density at radius 3 is 2.78 bits per heavy atom. The summed E-state index contributed by atoms with van der Waals surface area (Å²) in [5, 5.41) is 4.17. The van der Waals surface area contributed by atoms with E-state index in [1.165, 1.54) is 0 Å². The van der Waals surface area contributed by atoms with Gasteiger partial charge in [-0.2, -0.15) is 0 Å². The second-order valence-electron chi connectivity index (χ2n) is 4.42. The van der Waals surface area contributed by atoms with Crippen LogP contribution < -0.4 is 10.1 Å². The molecule has 0 aliphatic rings. The Hall–Kier alpha value is -0.990. The molecule has 1 N–H and O–H groups in total. The standard InChI is InChI=1S/C15H22ClNO/c1-5-9-17-12(4)14-10-13(16)7-8-15(14)18-11(3)6-2/h6-8,10-12,17H,2,5,9H2,1,3-4H3. The van der Waals surface area contributed by atoms with E-state index in [-0.39, 0.29) is 12.1 Å². The highest BCUT2D eigenvalue weighted by Gasteiger charge is 2.13. The second kappa shape index (κ2) is 7.45. The van der Waals surface area contributed by atoms with E-state index in [0.29, 0.717) is 0 Å². The van der Waals surface area contributed by atoms with Gasteiger partial charge in [-0.1, -0.05) is 31.2 Å². The second-order valence-corrected chi connectivity index (χ2v) is 4.85. The molecule has 1 aromatic rings. The Labute approximate surface area is 115 Å². The summed E-state index contributed by atoms with van der Waals surface area (Å²) < 4.78 is 5.83. The molecule has 0 spiro atoms. The van der Waals surface area contributed by atoms with Crippen molar-refractivity contribution in [1.82, 2.24) is 5.32 Å². The first kappa shape index (κ1) is 15.1. The monoisotopic (exact) mass is 267 g/mol. The van der Waals surface area contributed by atoms with E-state index in [0.717, 1.165) is 29.3 Å². The fourth-order valence-corrected chi connectivity index (χ4v) is 1.86. The van der Waals surface area contributed by atoms with E-state index < -0.39 is 0 Å². The molecule has 0 aliphatic carbocycles. The van der Waals surface area contributed by atoms with Crippen LogP contribution in [0.5, 0.6) is 5.75 Å². The van der Waals surface area contributed by atoms with Gasteiger partial charge in [-0.3, -0.25) is 0 Å². The van der Waals surface area contributed by atoms with Crippen LogP contribution in [-0.2, 0) is 0 Å². The normalized spacial score (nSPS) is 14.0. The lowest BCUT2D eigenvalue weighted by Crippen LogP contribution is -2.20. The van der Waals surface area contributed by atoms with Gasteiger partial charge in [0.05, 0.1) is 0 Å². The van der Waals surface area contributed by atoms with Crippen molar-refractivity contribution in [1.29, 1.82) is 0 Å². The van der Waals surface area contributed by atoms with Gasteiger partial charge in [0.15, 0.2) is 0 Å². The van der Waals surface area contributed by atoms with E-state index in [1.54, 1.807) is 6.08 Å². The molecular weight excluding hydrogens is 246 g/mol. The molecule has 2 atom stereocenters. The van der Waals surface area contributed by atoms with Crippen molar-refractivity contribution in [2.45, 2.75) is 39.3 Å². The molecule has 100 valence electrons. The van der Waals surface area contributed by atoms with Crippen molar-refractivity contribution < 1.29 is 4.74 Å². The van der Waals surface area contributed by atoms with E-state index in [1.807, 2.05) is 25.1 Å². The fraction of sp³-hybridized carbons (Fsp3) is 0.467. The number of hydrogen-bond donors (Lipinski definition) is 1. The Morgan fingerprint density at radius 1 is 1.44 bits per heavy atom. The third kappa shape index (κ3) is 4.35. The smallest absolute Gasteiger partial charge is 0.125 e. The Morgan fingerprint density at radius 2 is 2.17 bits per heavy atom. The van der Waals surface area contributed by atoms with E-state index in [9.17, 15) is 0 Å². The van der Waals surface area contributed by atoms with Gasteiger partial charge >= 0.3 is 0 Å². The van der Waals surface area contributed by atoms with E-state index in [2.05, 4.69) is 25.7 Å². The molecule has 0 radical (unpaired) electrons. The van der Waals surface area contributed by atoms with Crippen molar-refractivity contribution in [3.05, 3.63) is 41.4 Å². The molecule has 2 nitrogen and oxygen atoms in total. The largest absolute Gasteiger partial charge is 0.486 e. The first-order valence-electron chi connectivity index (χ1n) is 6.40. The molecule has 0 bridgehead atoms. The van der Waals surface area contributed by atoms with Crippen LogP contribution in [-0.4, -0.2) is 12.6 Å². The number of benzene rings is 1. The van der Waals surface area contributed by atoms with Crippen LogP contribution in [0.2, 0.25) is 5.02 Å². The van der Waals surface area contributed by atoms with Crippen molar-refractivity contribution in [2.75, 3.05) is 6.54 Å². The topological polar surface area (TPSA) is 21.3 Å². The van der Waals surface area contributed by atoms with Gasteiger partial charge in [-0.15, -0.1) is 0 Å². The minimum atomic E-state index is -0.0108. The highest BCUT2D eigenvalue weighted by atomic mass is 35.5. The van der Waals surface area contributed by atoms with Crippen molar-refractivity contribution in [3.63, 3.8) is 0 Å². The summed E-state index contributed by atoms with van der Waals surface area (Å²) in [5.41, 5.74) is 1.09. The number of rotatable bonds is 7. The van der Waals surface area contributed by atoms with Crippen molar-refractivity contribution in [3.8, 4) is 5.75 Å². The third-order valence-electron chi connectivity index (χ3n) is 2.78. The maximum atomic E-state index is 6.06.